The highest BCUT2D eigenvalue weighted by molar-refractivity contribution is 7.92. The number of nitrogens with one attached hydrogen (secondary N) is 1. The summed E-state index contributed by atoms with van der Waals surface area (Å²) in [6.07, 6.45) is 2.61. The van der Waals surface area contributed by atoms with E-state index in [9.17, 15) is 18.0 Å². The van der Waals surface area contributed by atoms with Crippen LogP contribution in [0.3, 0.4) is 0 Å². The molecule has 0 radical (unpaired) electrons. The zero-order valence-corrected chi connectivity index (χ0v) is 22.1. The van der Waals surface area contributed by atoms with Gasteiger partial charge in [-0.25, -0.2) is 8.42 Å². The first-order chi connectivity index (χ1) is 17.8. The second-order valence-electron chi connectivity index (χ2n) is 9.36. The molecule has 1 heterocycles. The maximum atomic E-state index is 13.0. The highest BCUT2D eigenvalue weighted by Crippen LogP contribution is 2.27. The molecule has 0 atom stereocenters. The Morgan fingerprint density at radius 1 is 0.838 bits per heavy atom. The van der Waals surface area contributed by atoms with Gasteiger partial charge >= 0.3 is 0 Å². The molecular formula is C29H33N3O4S. The zero-order chi connectivity index (χ0) is 26.4. The van der Waals surface area contributed by atoms with Crippen LogP contribution < -0.4 is 4.72 Å². The molecule has 3 aromatic rings. The summed E-state index contributed by atoms with van der Waals surface area (Å²) in [5.74, 6) is -0.706. The summed E-state index contributed by atoms with van der Waals surface area (Å²) in [6, 6.07) is 21.4. The quantitative estimate of drug-likeness (QED) is 0.266. The fraction of sp³-hybridized carbons (Fsp3) is 0.310. The van der Waals surface area contributed by atoms with Crippen molar-refractivity contribution in [3.8, 4) is 0 Å². The second kappa shape index (κ2) is 11.7. The molecule has 0 saturated carbocycles. The standard InChI is InChI=1S/C29H33N3O4S/c1-3-31(21-23-10-6-4-7-11-23)18-8-5-9-19-32-28(33)26-17-14-24(20-27(26)29(32)34)30-37(35,36)25-15-12-22(2)13-16-25/h4,6-7,10-17,20,30H,3,5,8-9,18-19,21H2,1-2H3. The van der Waals surface area contributed by atoms with E-state index >= 15 is 0 Å². The Bertz CT molecular complexity index is 1360. The third-order valence-corrected chi connectivity index (χ3v) is 8.00. The number of carbonyl (C=O) groups excluding carboxylic acids is 2. The van der Waals surface area contributed by atoms with Gasteiger partial charge in [-0.15, -0.1) is 0 Å². The summed E-state index contributed by atoms with van der Waals surface area (Å²) < 4.78 is 28.0. The molecule has 37 heavy (non-hydrogen) atoms. The molecule has 0 bridgehead atoms. The number of fused-ring (bicyclic) bond motifs is 1. The van der Waals surface area contributed by atoms with Crippen LogP contribution >= 0.6 is 0 Å². The van der Waals surface area contributed by atoms with Crippen LogP contribution in [0.5, 0.6) is 0 Å². The zero-order valence-electron chi connectivity index (χ0n) is 21.3. The molecule has 0 spiro atoms. The van der Waals surface area contributed by atoms with Gasteiger partial charge in [0.15, 0.2) is 0 Å². The molecule has 1 aliphatic rings. The molecule has 1 aliphatic heterocycles. The Hall–Kier alpha value is -3.49. The molecule has 2 amide bonds. The number of aryl methyl sites for hydroxylation is 1. The van der Waals surface area contributed by atoms with Crippen molar-refractivity contribution >= 4 is 27.5 Å². The molecule has 4 rings (SSSR count). The van der Waals surface area contributed by atoms with Crippen molar-refractivity contribution in [2.45, 2.75) is 44.6 Å². The van der Waals surface area contributed by atoms with E-state index in [-0.39, 0.29) is 28.0 Å². The third kappa shape index (κ3) is 6.45. The highest BCUT2D eigenvalue weighted by Gasteiger charge is 2.35. The molecule has 3 aromatic carbocycles. The fourth-order valence-corrected chi connectivity index (χ4v) is 5.51. The first-order valence-corrected chi connectivity index (χ1v) is 14.1. The Balaban J connectivity index is 1.30. The summed E-state index contributed by atoms with van der Waals surface area (Å²) in [6.45, 7) is 7.20. The predicted octanol–water partition coefficient (Wildman–Crippen LogP) is 5.08. The molecule has 7 nitrogen and oxygen atoms in total. The van der Waals surface area contributed by atoms with E-state index in [4.69, 9.17) is 0 Å². The Morgan fingerprint density at radius 3 is 2.24 bits per heavy atom. The van der Waals surface area contributed by atoms with Gasteiger partial charge < -0.3 is 0 Å². The lowest BCUT2D eigenvalue weighted by Crippen LogP contribution is -2.31. The largest absolute Gasteiger partial charge is 0.299 e. The summed E-state index contributed by atoms with van der Waals surface area (Å²) in [4.78, 5) is 29.6. The number of hydrogen-bond donors (Lipinski definition) is 1. The number of imide groups is 1. The van der Waals surface area contributed by atoms with Crippen molar-refractivity contribution in [2.24, 2.45) is 0 Å². The van der Waals surface area contributed by atoms with Crippen molar-refractivity contribution in [2.75, 3.05) is 24.4 Å². The highest BCUT2D eigenvalue weighted by atomic mass is 32.2. The number of nitrogens with zero attached hydrogens (tertiary/aromatic N) is 2. The normalized spacial score (nSPS) is 13.3. The Kier molecular flexibility index (Phi) is 8.41. The number of unbranched alkanes of at least 4 members (excludes halogenated alkanes) is 2. The number of sulfonamides is 1. The molecule has 0 unspecified atom stereocenters. The summed E-state index contributed by atoms with van der Waals surface area (Å²) in [5.41, 5.74) is 3.03. The van der Waals surface area contributed by atoms with Crippen LogP contribution in [0.4, 0.5) is 5.69 Å². The lowest BCUT2D eigenvalue weighted by molar-refractivity contribution is 0.0651. The van der Waals surface area contributed by atoms with Crippen molar-refractivity contribution in [3.63, 3.8) is 0 Å². The number of amides is 2. The Morgan fingerprint density at radius 2 is 1.54 bits per heavy atom. The minimum absolute atomic E-state index is 0.132. The first-order valence-electron chi connectivity index (χ1n) is 12.6. The van der Waals surface area contributed by atoms with Gasteiger partial charge in [0.2, 0.25) is 0 Å². The number of hydrogen-bond acceptors (Lipinski definition) is 5. The van der Waals surface area contributed by atoms with Gasteiger partial charge in [0.05, 0.1) is 16.0 Å². The van der Waals surface area contributed by atoms with Crippen LogP contribution in [0.1, 0.15) is 58.0 Å². The van der Waals surface area contributed by atoms with E-state index in [0.717, 1.165) is 44.5 Å². The van der Waals surface area contributed by atoms with Crippen molar-refractivity contribution in [1.82, 2.24) is 9.80 Å². The van der Waals surface area contributed by atoms with Crippen molar-refractivity contribution in [1.29, 1.82) is 0 Å². The van der Waals surface area contributed by atoms with Gasteiger partial charge in [-0.05, 0) is 68.8 Å². The van der Waals surface area contributed by atoms with Crippen LogP contribution in [0.15, 0.2) is 77.7 Å². The van der Waals surface area contributed by atoms with Gasteiger partial charge in [-0.2, -0.15) is 0 Å². The van der Waals surface area contributed by atoms with Gasteiger partial charge in [0.1, 0.15) is 0 Å². The van der Waals surface area contributed by atoms with Gasteiger partial charge in [0, 0.05) is 18.8 Å². The van der Waals surface area contributed by atoms with Crippen LogP contribution in [0, 0.1) is 6.92 Å². The van der Waals surface area contributed by atoms with Crippen LogP contribution in [0.25, 0.3) is 0 Å². The first kappa shape index (κ1) is 26.6. The van der Waals surface area contributed by atoms with Crippen LogP contribution in [-0.4, -0.2) is 49.7 Å². The summed E-state index contributed by atoms with van der Waals surface area (Å²) in [5, 5.41) is 0. The Labute approximate surface area is 219 Å². The number of carbonyl (C=O) groups is 2. The number of benzene rings is 3. The average molecular weight is 520 g/mol. The van der Waals surface area contributed by atoms with Gasteiger partial charge in [0.25, 0.3) is 21.8 Å². The molecule has 0 aromatic heterocycles. The maximum Gasteiger partial charge on any atom is 0.261 e. The van der Waals surface area contributed by atoms with E-state index in [2.05, 4.69) is 28.7 Å². The number of anilines is 1. The molecule has 0 aliphatic carbocycles. The van der Waals surface area contributed by atoms with E-state index in [1.807, 2.05) is 25.1 Å². The molecule has 0 saturated heterocycles. The lowest BCUT2D eigenvalue weighted by atomic mass is 10.1. The summed E-state index contributed by atoms with van der Waals surface area (Å²) in [7, 11) is -3.81. The number of rotatable bonds is 12. The monoisotopic (exact) mass is 519 g/mol. The third-order valence-electron chi connectivity index (χ3n) is 6.61. The van der Waals surface area contributed by atoms with Crippen LogP contribution in [0.2, 0.25) is 0 Å². The summed E-state index contributed by atoms with van der Waals surface area (Å²) >= 11 is 0. The smallest absolute Gasteiger partial charge is 0.261 e. The second-order valence-corrected chi connectivity index (χ2v) is 11.0. The SMILES string of the molecule is CCN(CCCCCN1C(=O)c2ccc(NS(=O)(=O)c3ccc(C)cc3)cc2C1=O)Cc1ccccc1. The molecule has 194 valence electrons. The van der Waals surface area contributed by atoms with Crippen molar-refractivity contribution < 1.29 is 18.0 Å². The van der Waals surface area contributed by atoms with Crippen molar-refractivity contribution in [3.05, 3.63) is 95.1 Å². The molecular weight excluding hydrogens is 486 g/mol. The van der Waals surface area contributed by atoms with E-state index in [1.165, 1.54) is 40.8 Å². The van der Waals surface area contributed by atoms with Gasteiger partial charge in [-0.3, -0.25) is 24.1 Å². The van der Waals surface area contributed by atoms with Crippen LogP contribution in [-0.2, 0) is 16.6 Å². The average Bonchev–Trinajstić information content (AvgIpc) is 3.12. The maximum absolute atomic E-state index is 13.0. The molecule has 0 fully saturated rings. The van der Waals surface area contributed by atoms with E-state index in [1.54, 1.807) is 12.1 Å². The van der Waals surface area contributed by atoms with E-state index < -0.39 is 10.0 Å². The molecule has 1 N–H and O–H groups in total. The predicted molar refractivity (Wildman–Crippen MR) is 145 cm³/mol. The topological polar surface area (TPSA) is 86.8 Å². The lowest BCUT2D eigenvalue weighted by Gasteiger charge is -2.20. The molecule has 8 heteroatoms. The minimum Gasteiger partial charge on any atom is -0.299 e. The van der Waals surface area contributed by atoms with Gasteiger partial charge in [-0.1, -0.05) is 61.4 Å². The minimum atomic E-state index is -3.81. The fourth-order valence-electron chi connectivity index (χ4n) is 4.46. The van der Waals surface area contributed by atoms with E-state index in [0.29, 0.717) is 12.1 Å².